The molecule has 0 atom stereocenters. The lowest BCUT2D eigenvalue weighted by molar-refractivity contribution is 0.475. The molecule has 0 amide bonds. The van der Waals surface area contributed by atoms with Gasteiger partial charge in [-0.2, -0.15) is 0 Å². The molecule has 0 heterocycles. The van der Waals surface area contributed by atoms with Crippen LogP contribution in [0.2, 0.25) is 18.1 Å². The van der Waals surface area contributed by atoms with Gasteiger partial charge in [-0.1, -0.05) is 56.6 Å². The summed E-state index contributed by atoms with van der Waals surface area (Å²) in [6.07, 6.45) is 0. The van der Waals surface area contributed by atoms with Crippen molar-refractivity contribution < 1.29 is 5.11 Å². The average molecular weight is 222 g/mol. The van der Waals surface area contributed by atoms with Gasteiger partial charge in [0.15, 0.2) is 0 Å². The number of hydrogen-bond acceptors (Lipinski definition) is 1. The van der Waals surface area contributed by atoms with E-state index in [0.29, 0.717) is 5.75 Å². The Morgan fingerprint density at radius 3 is 1.80 bits per heavy atom. The van der Waals surface area contributed by atoms with Gasteiger partial charge < -0.3 is 5.11 Å². The zero-order valence-electron chi connectivity index (χ0n) is 10.1. The predicted molar refractivity (Wildman–Crippen MR) is 69.0 cm³/mol. The second-order valence-corrected chi connectivity index (χ2v) is 9.88. The van der Waals surface area contributed by atoms with Crippen LogP contribution in [0.3, 0.4) is 0 Å². The first kappa shape index (κ1) is 12.3. The lowest BCUT2D eigenvalue weighted by Crippen LogP contribution is -2.34. The average Bonchev–Trinajstić information content (AvgIpc) is 2.29. The number of benzene rings is 1. The topological polar surface area (TPSA) is 20.2 Å². The fourth-order valence-corrected chi connectivity index (χ4v) is 5.52. The lowest BCUT2D eigenvalue weighted by Gasteiger charge is -2.28. The summed E-state index contributed by atoms with van der Waals surface area (Å²) in [5.41, 5.74) is 1.39. The minimum atomic E-state index is -1.06. The van der Waals surface area contributed by atoms with Crippen molar-refractivity contribution in [1.29, 1.82) is 0 Å². The maximum absolute atomic E-state index is 9.24. The molecule has 1 aromatic carbocycles. The molecular weight excluding hydrogens is 200 g/mol. The summed E-state index contributed by atoms with van der Waals surface area (Å²) >= 11 is 0. The molecule has 15 heavy (non-hydrogen) atoms. The smallest absolute Gasteiger partial charge is 0.115 e. The third kappa shape index (κ3) is 3.10. The Labute approximate surface area is 94.2 Å². The van der Waals surface area contributed by atoms with Gasteiger partial charge in [-0.15, -0.1) is 0 Å². The molecule has 84 valence electrons. The molecule has 0 spiro atoms. The van der Waals surface area contributed by atoms with Crippen molar-refractivity contribution >= 4 is 8.07 Å². The van der Waals surface area contributed by atoms with Crippen molar-refractivity contribution in [2.75, 3.05) is 0 Å². The highest BCUT2D eigenvalue weighted by atomic mass is 28.3. The summed E-state index contributed by atoms with van der Waals surface area (Å²) in [6, 6.07) is 13.1. The molecule has 0 radical (unpaired) electrons. The Hall–Kier alpha value is -0.763. The Balaban J connectivity index is 2.78. The maximum Gasteiger partial charge on any atom is 0.115 e. The molecule has 0 aromatic heterocycles. The number of phenolic OH excluding ortho intramolecular Hbond substituents is 1. The number of phenols is 1. The van der Waals surface area contributed by atoms with E-state index in [0.717, 1.165) is 0 Å². The summed E-state index contributed by atoms with van der Waals surface area (Å²) in [4.78, 5) is 0. The van der Waals surface area contributed by atoms with Crippen LogP contribution in [0.5, 0.6) is 5.75 Å². The summed E-state index contributed by atoms with van der Waals surface area (Å²) < 4.78 is 0. The summed E-state index contributed by atoms with van der Waals surface area (Å²) in [5, 5.41) is 9.24. The molecule has 0 saturated carbocycles. The van der Waals surface area contributed by atoms with E-state index in [9.17, 15) is 5.11 Å². The largest absolute Gasteiger partial charge is 0.508 e. The third-order valence-corrected chi connectivity index (χ3v) is 9.42. The van der Waals surface area contributed by atoms with Crippen molar-refractivity contribution in [1.82, 2.24) is 0 Å². The Morgan fingerprint density at radius 1 is 0.933 bits per heavy atom. The Bertz CT molecular complexity index is 280. The Kier molecular flexibility index (Phi) is 4.39. The normalized spacial score (nSPS) is 11.7. The van der Waals surface area contributed by atoms with E-state index in [1.165, 1.54) is 29.7 Å². The first-order valence-corrected chi connectivity index (χ1v) is 8.76. The third-order valence-electron chi connectivity index (χ3n) is 3.77. The monoisotopic (exact) mass is 222 g/mol. The van der Waals surface area contributed by atoms with Gasteiger partial charge in [-0.05, 0) is 18.2 Å². The summed E-state index contributed by atoms with van der Waals surface area (Å²) in [7, 11) is -1.06. The quantitative estimate of drug-likeness (QED) is 0.747. The van der Waals surface area contributed by atoms with E-state index in [-0.39, 0.29) is 0 Å². The highest BCUT2D eigenvalue weighted by molar-refractivity contribution is 6.79. The number of rotatable bonds is 5. The molecule has 2 heteroatoms. The standard InChI is InChI=1S/C13H22OSi/c1-4-15(5-2,6-3)11-12-7-9-13(14)10-8-12/h7-10,14H,4-6,11H2,1-3H3. The van der Waals surface area contributed by atoms with Crippen LogP contribution in [-0.4, -0.2) is 13.2 Å². The van der Waals surface area contributed by atoms with E-state index < -0.39 is 8.07 Å². The van der Waals surface area contributed by atoms with Crippen LogP contribution in [-0.2, 0) is 6.04 Å². The van der Waals surface area contributed by atoms with Crippen LogP contribution in [0, 0.1) is 0 Å². The molecule has 1 rings (SSSR count). The van der Waals surface area contributed by atoms with Gasteiger partial charge in [0.1, 0.15) is 5.75 Å². The molecule has 0 aliphatic carbocycles. The number of aromatic hydroxyl groups is 1. The van der Waals surface area contributed by atoms with Gasteiger partial charge in [0.05, 0.1) is 8.07 Å². The minimum absolute atomic E-state index is 0.371. The van der Waals surface area contributed by atoms with Gasteiger partial charge in [0.2, 0.25) is 0 Å². The molecule has 1 nitrogen and oxygen atoms in total. The fourth-order valence-electron chi connectivity index (χ4n) is 2.17. The first-order chi connectivity index (χ1) is 7.15. The molecule has 0 aliphatic heterocycles. The van der Waals surface area contributed by atoms with Gasteiger partial charge in [0.25, 0.3) is 0 Å². The number of hydrogen-bond donors (Lipinski definition) is 1. The van der Waals surface area contributed by atoms with Crippen molar-refractivity contribution in [3.63, 3.8) is 0 Å². The van der Waals surface area contributed by atoms with Crippen molar-refractivity contribution in [2.45, 2.75) is 44.9 Å². The van der Waals surface area contributed by atoms with Crippen LogP contribution in [0.25, 0.3) is 0 Å². The second-order valence-electron chi connectivity index (χ2n) is 4.40. The molecule has 0 bridgehead atoms. The maximum atomic E-state index is 9.24. The lowest BCUT2D eigenvalue weighted by atomic mass is 10.2. The zero-order chi connectivity index (χ0) is 11.3. The van der Waals surface area contributed by atoms with E-state index in [1.54, 1.807) is 12.1 Å². The molecule has 0 unspecified atom stereocenters. The van der Waals surface area contributed by atoms with E-state index >= 15 is 0 Å². The molecular formula is C13H22OSi. The van der Waals surface area contributed by atoms with E-state index in [2.05, 4.69) is 32.9 Å². The SMILES string of the molecule is CC[Si](CC)(CC)Cc1ccc(O)cc1. The van der Waals surface area contributed by atoms with Crippen LogP contribution in [0.4, 0.5) is 0 Å². The zero-order valence-corrected chi connectivity index (χ0v) is 11.1. The van der Waals surface area contributed by atoms with Crippen molar-refractivity contribution in [2.24, 2.45) is 0 Å². The molecule has 1 N–H and O–H groups in total. The minimum Gasteiger partial charge on any atom is -0.508 e. The van der Waals surface area contributed by atoms with Crippen LogP contribution >= 0.6 is 0 Å². The van der Waals surface area contributed by atoms with Crippen LogP contribution in [0.15, 0.2) is 24.3 Å². The van der Waals surface area contributed by atoms with Gasteiger partial charge in [-0.25, -0.2) is 0 Å². The van der Waals surface area contributed by atoms with Gasteiger partial charge in [-0.3, -0.25) is 0 Å². The Morgan fingerprint density at radius 2 is 1.40 bits per heavy atom. The van der Waals surface area contributed by atoms with Crippen LogP contribution < -0.4 is 0 Å². The van der Waals surface area contributed by atoms with E-state index in [4.69, 9.17) is 0 Å². The van der Waals surface area contributed by atoms with Gasteiger partial charge in [0, 0.05) is 0 Å². The van der Waals surface area contributed by atoms with E-state index in [1.807, 2.05) is 0 Å². The summed E-state index contributed by atoms with van der Waals surface area (Å²) in [6.45, 7) is 7.00. The highest BCUT2D eigenvalue weighted by Gasteiger charge is 2.26. The van der Waals surface area contributed by atoms with Crippen molar-refractivity contribution in [3.8, 4) is 5.75 Å². The summed E-state index contributed by atoms with van der Waals surface area (Å²) in [5.74, 6) is 0.371. The molecule has 0 fully saturated rings. The predicted octanol–water partition coefficient (Wildman–Crippen LogP) is 3.98. The first-order valence-electron chi connectivity index (χ1n) is 5.93. The van der Waals surface area contributed by atoms with Crippen LogP contribution in [0.1, 0.15) is 26.3 Å². The fraction of sp³-hybridized carbons (Fsp3) is 0.538. The van der Waals surface area contributed by atoms with Crippen molar-refractivity contribution in [3.05, 3.63) is 29.8 Å². The molecule has 0 aliphatic rings. The van der Waals surface area contributed by atoms with Gasteiger partial charge >= 0.3 is 0 Å². The molecule has 1 aromatic rings. The highest BCUT2D eigenvalue weighted by Crippen LogP contribution is 2.25. The molecule has 0 saturated heterocycles. The second kappa shape index (κ2) is 5.36.